The molecule has 0 saturated carbocycles. The first kappa shape index (κ1) is 18.9. The van der Waals surface area contributed by atoms with Crippen LogP contribution in [0.2, 0.25) is 5.02 Å². The fraction of sp³-hybridized carbons (Fsp3) is 0.143. The molecule has 1 N–H and O–H groups in total. The summed E-state index contributed by atoms with van der Waals surface area (Å²) in [6.45, 7) is 3.62. The van der Waals surface area contributed by atoms with E-state index in [0.29, 0.717) is 27.9 Å². The molecule has 7 nitrogen and oxygen atoms in total. The van der Waals surface area contributed by atoms with Gasteiger partial charge in [-0.15, -0.1) is 10.2 Å². The van der Waals surface area contributed by atoms with Gasteiger partial charge in [0.25, 0.3) is 5.91 Å². The molecule has 0 spiro atoms. The Labute approximate surface area is 172 Å². The molecule has 2 aromatic carbocycles. The van der Waals surface area contributed by atoms with Gasteiger partial charge in [-0.1, -0.05) is 23.7 Å². The third-order valence-electron chi connectivity index (χ3n) is 4.36. The monoisotopic (exact) mass is 407 g/mol. The third kappa shape index (κ3) is 4.20. The van der Waals surface area contributed by atoms with Crippen LogP contribution in [0.5, 0.6) is 5.75 Å². The number of aryl methyl sites for hydroxylation is 2. The van der Waals surface area contributed by atoms with Crippen LogP contribution in [0.3, 0.4) is 0 Å². The Balaban J connectivity index is 1.45. The normalized spacial score (nSPS) is 10.9. The summed E-state index contributed by atoms with van der Waals surface area (Å²) in [5.74, 6) is 1.05. The van der Waals surface area contributed by atoms with Crippen molar-refractivity contribution in [2.75, 3.05) is 11.9 Å². The molecule has 0 aliphatic carbocycles. The van der Waals surface area contributed by atoms with Crippen molar-refractivity contribution in [3.05, 3.63) is 71.0 Å². The number of benzene rings is 2. The van der Waals surface area contributed by atoms with E-state index in [-0.39, 0.29) is 12.5 Å². The Bertz CT molecular complexity index is 1200. The van der Waals surface area contributed by atoms with E-state index in [2.05, 4.69) is 20.6 Å². The van der Waals surface area contributed by atoms with E-state index >= 15 is 0 Å². The van der Waals surface area contributed by atoms with Crippen LogP contribution in [-0.2, 0) is 4.79 Å². The summed E-state index contributed by atoms with van der Waals surface area (Å²) < 4.78 is 7.23. The van der Waals surface area contributed by atoms with Crippen LogP contribution in [0.1, 0.15) is 11.4 Å². The largest absolute Gasteiger partial charge is 0.484 e. The van der Waals surface area contributed by atoms with Crippen LogP contribution in [-0.4, -0.2) is 32.3 Å². The number of hydrogen-bond donors (Lipinski definition) is 1. The minimum atomic E-state index is -0.257. The smallest absolute Gasteiger partial charge is 0.262 e. The van der Waals surface area contributed by atoms with Crippen LogP contribution in [0.4, 0.5) is 5.69 Å². The van der Waals surface area contributed by atoms with Crippen molar-refractivity contribution in [1.29, 1.82) is 0 Å². The molecule has 0 fully saturated rings. The number of ether oxygens (including phenoxy) is 1. The molecule has 0 bridgehead atoms. The molecule has 2 aromatic heterocycles. The second-order valence-electron chi connectivity index (χ2n) is 6.56. The number of carbonyl (C=O) groups excluding carboxylic acids is 1. The summed E-state index contributed by atoms with van der Waals surface area (Å²) in [6, 6.07) is 16.5. The zero-order valence-corrected chi connectivity index (χ0v) is 16.6. The second kappa shape index (κ2) is 7.89. The highest BCUT2D eigenvalue weighted by atomic mass is 35.5. The summed E-state index contributed by atoms with van der Waals surface area (Å²) in [5.41, 5.74) is 3.86. The molecule has 0 aliphatic rings. The first-order valence-electron chi connectivity index (χ1n) is 8.98. The van der Waals surface area contributed by atoms with Crippen molar-refractivity contribution in [2.45, 2.75) is 13.8 Å². The van der Waals surface area contributed by atoms with Gasteiger partial charge in [0.05, 0.1) is 5.69 Å². The molecular formula is C21H18ClN5O2. The summed E-state index contributed by atoms with van der Waals surface area (Å²) in [5, 5.41) is 16.1. The van der Waals surface area contributed by atoms with Gasteiger partial charge in [-0.05, 0) is 61.9 Å². The highest BCUT2D eigenvalue weighted by molar-refractivity contribution is 6.31. The average Bonchev–Trinajstić information content (AvgIpc) is 3.09. The molecule has 4 aromatic rings. The fourth-order valence-corrected chi connectivity index (χ4v) is 2.98. The van der Waals surface area contributed by atoms with Gasteiger partial charge in [-0.25, -0.2) is 0 Å². The van der Waals surface area contributed by atoms with Gasteiger partial charge in [0.1, 0.15) is 5.75 Å². The van der Waals surface area contributed by atoms with Crippen molar-refractivity contribution >= 4 is 28.8 Å². The zero-order chi connectivity index (χ0) is 20.4. The van der Waals surface area contributed by atoms with Crippen LogP contribution >= 0.6 is 11.6 Å². The Morgan fingerprint density at radius 2 is 1.97 bits per heavy atom. The molecule has 0 atom stereocenters. The number of fused-ring (bicyclic) bond motifs is 1. The minimum absolute atomic E-state index is 0.102. The number of rotatable bonds is 5. The third-order valence-corrected chi connectivity index (χ3v) is 4.78. The van der Waals surface area contributed by atoms with E-state index in [0.717, 1.165) is 16.8 Å². The van der Waals surface area contributed by atoms with Gasteiger partial charge < -0.3 is 10.1 Å². The van der Waals surface area contributed by atoms with Crippen molar-refractivity contribution in [3.8, 4) is 17.0 Å². The number of amides is 1. The lowest BCUT2D eigenvalue weighted by Crippen LogP contribution is -2.20. The molecular weight excluding hydrogens is 390 g/mol. The molecule has 29 heavy (non-hydrogen) atoms. The van der Waals surface area contributed by atoms with Crippen LogP contribution in [0.25, 0.3) is 16.9 Å². The van der Waals surface area contributed by atoms with E-state index in [1.54, 1.807) is 22.7 Å². The van der Waals surface area contributed by atoms with E-state index in [1.165, 1.54) is 0 Å². The Hall–Kier alpha value is -3.45. The molecule has 0 radical (unpaired) electrons. The number of aromatic nitrogens is 4. The maximum absolute atomic E-state index is 12.3. The molecule has 4 rings (SSSR count). The number of nitrogens with zero attached hydrogens (tertiary/aromatic N) is 4. The maximum atomic E-state index is 12.3. The van der Waals surface area contributed by atoms with E-state index in [4.69, 9.17) is 16.3 Å². The molecule has 146 valence electrons. The maximum Gasteiger partial charge on any atom is 0.262 e. The summed E-state index contributed by atoms with van der Waals surface area (Å²) >= 11 is 6.00. The Kier molecular flexibility index (Phi) is 5.14. The van der Waals surface area contributed by atoms with Crippen molar-refractivity contribution in [1.82, 2.24) is 19.8 Å². The molecule has 2 heterocycles. The van der Waals surface area contributed by atoms with Gasteiger partial charge in [-0.3, -0.25) is 4.79 Å². The summed E-state index contributed by atoms with van der Waals surface area (Å²) in [4.78, 5) is 12.3. The van der Waals surface area contributed by atoms with E-state index < -0.39 is 0 Å². The van der Waals surface area contributed by atoms with Gasteiger partial charge in [0.2, 0.25) is 0 Å². The van der Waals surface area contributed by atoms with Gasteiger partial charge in [0, 0.05) is 16.3 Å². The Morgan fingerprint density at radius 1 is 1.10 bits per heavy atom. The van der Waals surface area contributed by atoms with Gasteiger partial charge >= 0.3 is 0 Å². The predicted octanol–water partition coefficient (Wildman–Crippen LogP) is 4.08. The molecule has 0 aliphatic heterocycles. The number of anilines is 1. The standard InChI is InChI=1S/C21H18ClN5O2/c1-13-10-17(6-7-18(13)22)29-12-21(28)23-16-5-3-4-15(11-16)19-8-9-20-25-24-14(2)27(20)26-19/h3-11H,12H2,1-2H3,(H,23,28). The zero-order valence-electron chi connectivity index (χ0n) is 15.9. The van der Waals surface area contributed by atoms with Gasteiger partial charge in [-0.2, -0.15) is 9.61 Å². The highest BCUT2D eigenvalue weighted by Crippen LogP contribution is 2.22. The second-order valence-corrected chi connectivity index (χ2v) is 6.97. The first-order valence-corrected chi connectivity index (χ1v) is 9.36. The molecule has 0 unspecified atom stereocenters. The molecule has 0 saturated heterocycles. The number of carbonyl (C=O) groups is 1. The van der Waals surface area contributed by atoms with Crippen LogP contribution < -0.4 is 10.1 Å². The van der Waals surface area contributed by atoms with E-state index in [1.807, 2.05) is 50.2 Å². The van der Waals surface area contributed by atoms with E-state index in [9.17, 15) is 4.79 Å². The van der Waals surface area contributed by atoms with Crippen molar-refractivity contribution in [2.24, 2.45) is 0 Å². The lowest BCUT2D eigenvalue weighted by Gasteiger charge is -2.10. The quantitative estimate of drug-likeness (QED) is 0.539. The first-order chi connectivity index (χ1) is 14.0. The molecule has 8 heteroatoms. The minimum Gasteiger partial charge on any atom is -0.484 e. The average molecular weight is 408 g/mol. The number of nitrogens with one attached hydrogen (secondary N) is 1. The van der Waals surface area contributed by atoms with Crippen LogP contribution in [0, 0.1) is 13.8 Å². The van der Waals surface area contributed by atoms with Crippen molar-refractivity contribution in [3.63, 3.8) is 0 Å². The summed E-state index contributed by atoms with van der Waals surface area (Å²) in [6.07, 6.45) is 0. The van der Waals surface area contributed by atoms with Gasteiger partial charge in [0.15, 0.2) is 18.1 Å². The SMILES string of the molecule is Cc1cc(OCC(=O)Nc2cccc(-c3ccc4nnc(C)n4n3)c2)ccc1Cl. The number of halogens is 1. The lowest BCUT2D eigenvalue weighted by atomic mass is 10.1. The fourth-order valence-electron chi connectivity index (χ4n) is 2.86. The molecule has 1 amide bonds. The topological polar surface area (TPSA) is 81.4 Å². The summed E-state index contributed by atoms with van der Waals surface area (Å²) in [7, 11) is 0. The van der Waals surface area contributed by atoms with Crippen LogP contribution in [0.15, 0.2) is 54.6 Å². The Morgan fingerprint density at radius 3 is 2.79 bits per heavy atom. The predicted molar refractivity (Wildman–Crippen MR) is 111 cm³/mol. The van der Waals surface area contributed by atoms with Crippen molar-refractivity contribution < 1.29 is 9.53 Å². The highest BCUT2D eigenvalue weighted by Gasteiger charge is 2.09. The lowest BCUT2D eigenvalue weighted by molar-refractivity contribution is -0.118. The number of hydrogen-bond acceptors (Lipinski definition) is 5.